The van der Waals surface area contributed by atoms with Crippen molar-refractivity contribution in [2.45, 2.75) is 95.2 Å². The van der Waals surface area contributed by atoms with Crippen molar-refractivity contribution < 1.29 is 34.0 Å². The summed E-state index contributed by atoms with van der Waals surface area (Å²) in [5.74, 6) is -0.179. The summed E-state index contributed by atoms with van der Waals surface area (Å²) >= 11 is 0. The molecule has 31 heavy (non-hydrogen) atoms. The molecule has 5 aliphatic rings. The van der Waals surface area contributed by atoms with E-state index in [0.717, 1.165) is 32.1 Å². The fourth-order valence-electron chi connectivity index (χ4n) is 9.02. The second-order valence-corrected chi connectivity index (χ2v) is 11.1. The third kappa shape index (κ3) is 2.66. The second kappa shape index (κ2) is 6.99. The lowest BCUT2D eigenvalue weighted by Crippen LogP contribution is -2.67. The lowest BCUT2D eigenvalue weighted by molar-refractivity contribution is -0.239. The summed E-state index contributed by atoms with van der Waals surface area (Å²) in [5, 5.41) is 22.2. The standard InChI is InChI=1S/C24H36O7/c1-14(25)30-13-17(27)16-4-5-18-21(16,2)8-7-19-23-9-6-15(26)12-22(23,28)10-11-24(18,19)31-20(23)29-3/h15-16,18-20,26,28H,4-13H2,1-3H3. The Balaban J connectivity index is 1.50. The monoisotopic (exact) mass is 436 g/mol. The van der Waals surface area contributed by atoms with Crippen LogP contribution in [0, 0.1) is 28.6 Å². The number of rotatable bonds is 4. The summed E-state index contributed by atoms with van der Waals surface area (Å²) in [6, 6.07) is 0. The van der Waals surface area contributed by atoms with E-state index in [9.17, 15) is 19.8 Å². The zero-order chi connectivity index (χ0) is 22.2. The van der Waals surface area contributed by atoms with Crippen LogP contribution < -0.4 is 0 Å². The van der Waals surface area contributed by atoms with Crippen molar-refractivity contribution in [3.05, 3.63) is 0 Å². The number of carbonyl (C=O) groups is 2. The number of carbonyl (C=O) groups excluding carboxylic acids is 2. The van der Waals surface area contributed by atoms with Crippen LogP contribution in [-0.2, 0) is 23.8 Å². The maximum absolute atomic E-state index is 13.0. The predicted octanol–water partition coefficient (Wildman–Crippen LogP) is 2.36. The third-order valence-corrected chi connectivity index (χ3v) is 10.1. The van der Waals surface area contributed by atoms with E-state index in [1.807, 2.05) is 0 Å². The Kier molecular flexibility index (Phi) is 4.92. The summed E-state index contributed by atoms with van der Waals surface area (Å²) in [7, 11) is 1.66. The van der Waals surface area contributed by atoms with Crippen molar-refractivity contribution in [3.63, 3.8) is 0 Å². The van der Waals surface area contributed by atoms with Crippen molar-refractivity contribution in [3.8, 4) is 0 Å². The molecular formula is C24H36O7. The number of methoxy groups -OCH3 is 1. The van der Waals surface area contributed by atoms with E-state index >= 15 is 0 Å². The van der Waals surface area contributed by atoms with Gasteiger partial charge in [0, 0.05) is 32.3 Å². The largest absolute Gasteiger partial charge is 0.458 e. The summed E-state index contributed by atoms with van der Waals surface area (Å²) in [4.78, 5) is 24.2. The molecule has 174 valence electrons. The minimum atomic E-state index is -0.979. The SMILES string of the molecule is COC1OC23CCC4(O)CC(O)CCC14C2CCC1(C)C(C(=O)COC(C)=O)CCC13. The summed E-state index contributed by atoms with van der Waals surface area (Å²) < 4.78 is 17.8. The van der Waals surface area contributed by atoms with E-state index in [0.29, 0.717) is 25.7 Å². The van der Waals surface area contributed by atoms with Crippen molar-refractivity contribution >= 4 is 11.8 Å². The van der Waals surface area contributed by atoms with Crippen LogP contribution in [0.2, 0.25) is 0 Å². The molecule has 0 aromatic carbocycles. The molecule has 1 aliphatic heterocycles. The minimum Gasteiger partial charge on any atom is -0.458 e. The molecule has 5 fully saturated rings. The van der Waals surface area contributed by atoms with Gasteiger partial charge in [-0.3, -0.25) is 9.59 Å². The highest BCUT2D eigenvalue weighted by molar-refractivity contribution is 5.85. The van der Waals surface area contributed by atoms with Gasteiger partial charge in [-0.2, -0.15) is 0 Å². The van der Waals surface area contributed by atoms with Crippen LogP contribution >= 0.6 is 0 Å². The molecule has 2 N–H and O–H groups in total. The van der Waals surface area contributed by atoms with Gasteiger partial charge in [0.2, 0.25) is 0 Å². The van der Waals surface area contributed by atoms with Gasteiger partial charge in [-0.25, -0.2) is 0 Å². The Bertz CT molecular complexity index is 784. The fraction of sp³-hybridized carbons (Fsp3) is 0.917. The van der Waals surface area contributed by atoms with Crippen molar-refractivity contribution in [2.75, 3.05) is 13.7 Å². The molecule has 1 spiro atoms. The first-order chi connectivity index (χ1) is 14.6. The van der Waals surface area contributed by atoms with Gasteiger partial charge in [-0.1, -0.05) is 6.92 Å². The van der Waals surface area contributed by atoms with E-state index in [1.165, 1.54) is 6.92 Å². The number of Topliss-reactive ketones (excluding diaryl/α,β-unsaturated/α-hetero) is 1. The molecule has 0 radical (unpaired) electrons. The molecule has 1 heterocycles. The van der Waals surface area contributed by atoms with Crippen LogP contribution in [0.25, 0.3) is 0 Å². The van der Waals surface area contributed by atoms with E-state index < -0.39 is 35.0 Å². The first kappa shape index (κ1) is 21.8. The summed E-state index contributed by atoms with van der Waals surface area (Å²) in [6.45, 7) is 3.40. The van der Waals surface area contributed by atoms with Gasteiger partial charge in [0.15, 0.2) is 12.1 Å². The number of aliphatic hydroxyl groups excluding tert-OH is 1. The van der Waals surface area contributed by atoms with Gasteiger partial charge in [-0.05, 0) is 62.7 Å². The van der Waals surface area contributed by atoms with Crippen molar-refractivity contribution in [1.29, 1.82) is 0 Å². The van der Waals surface area contributed by atoms with Gasteiger partial charge >= 0.3 is 5.97 Å². The van der Waals surface area contributed by atoms with Gasteiger partial charge in [0.1, 0.15) is 6.61 Å². The first-order valence-electron chi connectivity index (χ1n) is 11.9. The molecular weight excluding hydrogens is 400 g/mol. The average molecular weight is 437 g/mol. The van der Waals surface area contributed by atoms with Gasteiger partial charge < -0.3 is 24.4 Å². The van der Waals surface area contributed by atoms with Gasteiger partial charge in [-0.15, -0.1) is 0 Å². The summed E-state index contributed by atoms with van der Waals surface area (Å²) in [6.07, 6.45) is 5.55. The molecule has 9 unspecified atom stereocenters. The number of ketones is 1. The third-order valence-electron chi connectivity index (χ3n) is 10.1. The van der Waals surface area contributed by atoms with E-state index in [2.05, 4.69) is 6.92 Å². The van der Waals surface area contributed by atoms with Crippen LogP contribution in [0.1, 0.15) is 71.6 Å². The van der Waals surface area contributed by atoms with E-state index in [4.69, 9.17) is 14.2 Å². The number of fused-ring (bicyclic) bond motifs is 1. The Morgan fingerprint density at radius 1 is 1.06 bits per heavy atom. The zero-order valence-electron chi connectivity index (χ0n) is 18.9. The normalized spacial score (nSPS) is 52.7. The molecule has 4 aliphatic carbocycles. The molecule has 7 heteroatoms. The lowest BCUT2D eigenvalue weighted by Gasteiger charge is -2.63. The van der Waals surface area contributed by atoms with Crippen LogP contribution in [0.3, 0.4) is 0 Å². The fourth-order valence-corrected chi connectivity index (χ4v) is 9.02. The van der Waals surface area contributed by atoms with Crippen molar-refractivity contribution in [1.82, 2.24) is 0 Å². The zero-order valence-corrected chi connectivity index (χ0v) is 18.9. The van der Waals surface area contributed by atoms with Crippen LogP contribution in [-0.4, -0.2) is 59.3 Å². The van der Waals surface area contributed by atoms with E-state index in [-0.39, 0.29) is 35.6 Å². The number of hydrogen-bond donors (Lipinski definition) is 2. The maximum atomic E-state index is 13.0. The van der Waals surface area contributed by atoms with Crippen LogP contribution in [0.5, 0.6) is 0 Å². The molecule has 1 saturated heterocycles. The topological polar surface area (TPSA) is 102 Å². The Morgan fingerprint density at radius 2 is 1.84 bits per heavy atom. The lowest BCUT2D eigenvalue weighted by atomic mass is 9.42. The van der Waals surface area contributed by atoms with Crippen LogP contribution in [0.15, 0.2) is 0 Å². The second-order valence-electron chi connectivity index (χ2n) is 11.1. The molecule has 0 amide bonds. The highest BCUT2D eigenvalue weighted by atomic mass is 16.7. The first-order valence-corrected chi connectivity index (χ1v) is 11.9. The highest BCUT2D eigenvalue weighted by Crippen LogP contribution is 2.75. The minimum absolute atomic E-state index is 0.0131. The Morgan fingerprint density at radius 3 is 2.55 bits per heavy atom. The Hall–Kier alpha value is -1.02. The molecule has 4 saturated carbocycles. The summed E-state index contributed by atoms with van der Waals surface area (Å²) in [5.41, 5.74) is -2.09. The van der Waals surface area contributed by atoms with E-state index in [1.54, 1.807) is 7.11 Å². The average Bonchev–Trinajstić information content (AvgIpc) is 3.18. The molecule has 0 aromatic heterocycles. The maximum Gasteiger partial charge on any atom is 0.303 e. The number of ether oxygens (including phenoxy) is 3. The molecule has 2 bridgehead atoms. The van der Waals surface area contributed by atoms with Gasteiger partial charge in [0.05, 0.1) is 22.7 Å². The predicted molar refractivity (Wildman–Crippen MR) is 110 cm³/mol. The highest BCUT2D eigenvalue weighted by Gasteiger charge is 2.79. The Labute approximate surface area is 183 Å². The molecule has 9 atom stereocenters. The van der Waals surface area contributed by atoms with Crippen molar-refractivity contribution in [2.24, 2.45) is 28.6 Å². The van der Waals surface area contributed by atoms with Gasteiger partial charge in [0.25, 0.3) is 0 Å². The number of esters is 1. The number of aliphatic hydroxyl groups is 2. The number of hydrogen-bond acceptors (Lipinski definition) is 7. The molecule has 7 nitrogen and oxygen atoms in total. The smallest absolute Gasteiger partial charge is 0.303 e. The quantitative estimate of drug-likeness (QED) is 0.652. The van der Waals surface area contributed by atoms with Crippen LogP contribution in [0.4, 0.5) is 0 Å². The molecule has 0 aromatic rings. The molecule has 5 rings (SSSR count).